The van der Waals surface area contributed by atoms with E-state index in [1.807, 2.05) is 0 Å². The van der Waals surface area contributed by atoms with Crippen LogP contribution >= 0.6 is 67.8 Å². The average molecular weight is 497 g/mol. The molecule has 0 aliphatic rings. The molecule has 0 aliphatic heterocycles. The first-order valence-electron chi connectivity index (χ1n) is 2.93. The fourth-order valence-electron chi connectivity index (χ4n) is 0.741. The van der Waals surface area contributed by atoms with E-state index in [9.17, 15) is 0 Å². The maximum Gasteiger partial charge on any atom is 0.0284 e. The molecule has 0 bridgehead atoms. The van der Waals surface area contributed by atoms with Gasteiger partial charge >= 0.3 is 0 Å². The maximum atomic E-state index is 3.52. The molecule has 4 heteroatoms. The molecule has 0 aromatic heterocycles. The molecule has 11 heavy (non-hydrogen) atoms. The summed E-state index contributed by atoms with van der Waals surface area (Å²) in [5, 5.41) is 0. The van der Waals surface area contributed by atoms with Crippen molar-refractivity contribution in [2.45, 2.75) is 6.04 Å². The Balaban J connectivity index is 3.25. The monoisotopic (exact) mass is 497 g/mol. The van der Waals surface area contributed by atoms with Crippen LogP contribution in [0.15, 0.2) is 12.1 Å². The topological polar surface area (TPSA) is 0 Å². The van der Waals surface area contributed by atoms with E-state index in [0.29, 0.717) is 0 Å². The lowest BCUT2D eigenvalue weighted by atomic mass is 10.2. The normalized spacial score (nSPS) is 10.2. The second-order valence-corrected chi connectivity index (χ2v) is 5.95. The quantitative estimate of drug-likeness (QED) is 0.414. The second-order valence-electron chi connectivity index (χ2n) is 2.02. The standard InChI is InChI=1S/C7H4I3Si/c8-4-1-6(9)5(3-11)7(10)2-4/h1-2H,3H2. The van der Waals surface area contributed by atoms with E-state index >= 15 is 0 Å². The van der Waals surface area contributed by atoms with Crippen LogP contribution in [0.4, 0.5) is 0 Å². The summed E-state index contributed by atoms with van der Waals surface area (Å²) in [6.45, 7) is 0. The first-order chi connectivity index (χ1) is 5.15. The molecule has 0 atom stereocenters. The van der Waals surface area contributed by atoms with Crippen LogP contribution in [0.2, 0.25) is 0 Å². The highest BCUT2D eigenvalue weighted by molar-refractivity contribution is 14.1. The molecular weight excluding hydrogens is 493 g/mol. The van der Waals surface area contributed by atoms with Crippen molar-refractivity contribution in [1.82, 2.24) is 0 Å². The SMILES string of the molecule is [Si]Cc1c(I)cc(I)cc1I. The first-order valence-corrected chi connectivity index (χ1v) is 6.87. The summed E-state index contributed by atoms with van der Waals surface area (Å²) in [4.78, 5) is 0. The van der Waals surface area contributed by atoms with Crippen molar-refractivity contribution < 1.29 is 0 Å². The van der Waals surface area contributed by atoms with Crippen LogP contribution in [-0.4, -0.2) is 10.2 Å². The van der Waals surface area contributed by atoms with Gasteiger partial charge in [0.15, 0.2) is 0 Å². The molecule has 0 N–H and O–H groups in total. The molecule has 0 aliphatic carbocycles. The van der Waals surface area contributed by atoms with Gasteiger partial charge in [0, 0.05) is 21.0 Å². The summed E-state index contributed by atoms with van der Waals surface area (Å²) < 4.78 is 3.99. The van der Waals surface area contributed by atoms with Crippen molar-refractivity contribution in [3.8, 4) is 0 Å². The third kappa shape index (κ3) is 2.80. The highest BCUT2D eigenvalue weighted by Gasteiger charge is 2.03. The predicted octanol–water partition coefficient (Wildman–Crippen LogP) is 3.17. The van der Waals surface area contributed by atoms with E-state index in [1.165, 1.54) is 16.3 Å². The Morgan fingerprint density at radius 1 is 1.09 bits per heavy atom. The Morgan fingerprint density at radius 2 is 1.55 bits per heavy atom. The Kier molecular flexibility index (Phi) is 4.62. The lowest BCUT2D eigenvalue weighted by molar-refractivity contribution is 1.32. The van der Waals surface area contributed by atoms with Gasteiger partial charge < -0.3 is 0 Å². The molecule has 0 amide bonds. The molecule has 0 unspecified atom stereocenters. The molecule has 0 saturated carbocycles. The number of hydrogen-bond acceptors (Lipinski definition) is 0. The first kappa shape index (κ1) is 10.7. The van der Waals surface area contributed by atoms with Crippen LogP contribution < -0.4 is 0 Å². The number of benzene rings is 1. The second kappa shape index (κ2) is 4.75. The van der Waals surface area contributed by atoms with Crippen LogP contribution in [0.5, 0.6) is 0 Å². The minimum absolute atomic E-state index is 0.938. The summed E-state index contributed by atoms with van der Waals surface area (Å²) in [5.41, 5.74) is 1.39. The fourth-order valence-corrected chi connectivity index (χ4v) is 5.81. The van der Waals surface area contributed by atoms with Gasteiger partial charge in [-0.05, 0) is 91.5 Å². The minimum atomic E-state index is 0.938. The lowest BCUT2D eigenvalue weighted by Crippen LogP contribution is -1.94. The molecule has 1 rings (SSSR count). The van der Waals surface area contributed by atoms with E-state index in [-0.39, 0.29) is 0 Å². The van der Waals surface area contributed by atoms with Crippen LogP contribution in [-0.2, 0) is 6.04 Å². The maximum absolute atomic E-state index is 3.52. The van der Waals surface area contributed by atoms with Crippen LogP contribution in [0.25, 0.3) is 0 Å². The molecule has 3 radical (unpaired) electrons. The Labute approximate surface area is 111 Å². The summed E-state index contributed by atoms with van der Waals surface area (Å²) in [6, 6.07) is 5.32. The zero-order valence-corrected chi connectivity index (χ0v) is 13.0. The van der Waals surface area contributed by atoms with Gasteiger partial charge in [-0.1, -0.05) is 0 Å². The summed E-state index contributed by atoms with van der Waals surface area (Å²) in [7, 11) is 3.52. The van der Waals surface area contributed by atoms with E-state index in [4.69, 9.17) is 0 Å². The van der Waals surface area contributed by atoms with Crippen molar-refractivity contribution >= 4 is 78.0 Å². The number of halogens is 3. The molecule has 0 fully saturated rings. The Morgan fingerprint density at radius 3 is 1.91 bits per heavy atom. The molecule has 1 aromatic rings. The predicted molar refractivity (Wildman–Crippen MR) is 74.1 cm³/mol. The van der Waals surface area contributed by atoms with Gasteiger partial charge in [-0.15, -0.1) is 0 Å². The van der Waals surface area contributed by atoms with Crippen molar-refractivity contribution in [3.63, 3.8) is 0 Å². The Hall–Kier alpha value is 1.63. The highest BCUT2D eigenvalue weighted by Crippen LogP contribution is 2.22. The largest absolute Gasteiger partial charge is 0.0442 e. The van der Waals surface area contributed by atoms with Crippen molar-refractivity contribution in [1.29, 1.82) is 0 Å². The molecule has 0 nitrogen and oxygen atoms in total. The van der Waals surface area contributed by atoms with Crippen molar-refractivity contribution in [2.24, 2.45) is 0 Å². The van der Waals surface area contributed by atoms with Gasteiger partial charge in [0.1, 0.15) is 0 Å². The fraction of sp³-hybridized carbons (Fsp3) is 0.143. The minimum Gasteiger partial charge on any atom is -0.0442 e. The van der Waals surface area contributed by atoms with Gasteiger partial charge in [0.2, 0.25) is 0 Å². The Bertz CT molecular complexity index is 249. The zero-order chi connectivity index (χ0) is 8.43. The van der Waals surface area contributed by atoms with Gasteiger partial charge in [0.05, 0.1) is 0 Å². The molecule has 0 spiro atoms. The number of hydrogen-bond donors (Lipinski definition) is 0. The number of rotatable bonds is 1. The van der Waals surface area contributed by atoms with E-state index in [1.54, 1.807) is 0 Å². The third-order valence-electron chi connectivity index (χ3n) is 1.28. The molecule has 1 aromatic carbocycles. The van der Waals surface area contributed by atoms with Gasteiger partial charge in [-0.2, -0.15) is 0 Å². The molecule has 0 heterocycles. The summed E-state index contributed by atoms with van der Waals surface area (Å²) >= 11 is 7.08. The van der Waals surface area contributed by atoms with Gasteiger partial charge in [-0.3, -0.25) is 0 Å². The van der Waals surface area contributed by atoms with Crippen LogP contribution in [0.1, 0.15) is 5.56 Å². The van der Waals surface area contributed by atoms with Crippen molar-refractivity contribution in [2.75, 3.05) is 0 Å². The van der Waals surface area contributed by atoms with E-state index < -0.39 is 0 Å². The molecule has 57 valence electrons. The van der Waals surface area contributed by atoms with Crippen molar-refractivity contribution in [3.05, 3.63) is 28.4 Å². The van der Waals surface area contributed by atoms with E-state index in [0.717, 1.165) is 6.04 Å². The van der Waals surface area contributed by atoms with Crippen LogP contribution in [0, 0.1) is 10.7 Å². The lowest BCUT2D eigenvalue weighted by Gasteiger charge is -2.04. The summed E-state index contributed by atoms with van der Waals surface area (Å²) in [5.74, 6) is 0. The van der Waals surface area contributed by atoms with E-state index in [2.05, 4.69) is 90.1 Å². The third-order valence-corrected chi connectivity index (χ3v) is 4.18. The average Bonchev–Trinajstić information content (AvgIpc) is 1.85. The molecular formula is C7H4I3Si. The zero-order valence-electron chi connectivity index (χ0n) is 5.50. The van der Waals surface area contributed by atoms with Gasteiger partial charge in [-0.25, -0.2) is 0 Å². The van der Waals surface area contributed by atoms with Gasteiger partial charge in [0.25, 0.3) is 0 Å². The smallest absolute Gasteiger partial charge is 0.0284 e. The van der Waals surface area contributed by atoms with Crippen LogP contribution in [0.3, 0.4) is 0 Å². The summed E-state index contributed by atoms with van der Waals surface area (Å²) in [6.07, 6.45) is 0. The molecule has 0 saturated heterocycles. The highest BCUT2D eigenvalue weighted by atomic mass is 127.